The van der Waals surface area contributed by atoms with E-state index in [0.29, 0.717) is 6.04 Å². The lowest BCUT2D eigenvalue weighted by atomic mass is 10.0. The molecular weight excluding hydrogens is 312 g/mol. The summed E-state index contributed by atoms with van der Waals surface area (Å²) in [6, 6.07) is 6.94. The SMILES string of the molecule is Cc1ccc(N2CCC(NCCCc3nn[nH]n3)CC2)cc1Cl. The zero-order valence-electron chi connectivity index (χ0n) is 13.4. The molecule has 2 heterocycles. The number of aromatic amines is 1. The van der Waals surface area contributed by atoms with Crippen molar-refractivity contribution in [3.8, 4) is 0 Å². The summed E-state index contributed by atoms with van der Waals surface area (Å²) < 4.78 is 0. The summed E-state index contributed by atoms with van der Waals surface area (Å²) in [6.45, 7) is 5.18. The van der Waals surface area contributed by atoms with Crippen LogP contribution >= 0.6 is 11.6 Å². The monoisotopic (exact) mass is 334 g/mol. The van der Waals surface area contributed by atoms with Gasteiger partial charge in [-0.2, -0.15) is 5.21 Å². The minimum Gasteiger partial charge on any atom is -0.371 e. The topological polar surface area (TPSA) is 69.7 Å². The second-order valence-corrected chi connectivity index (χ2v) is 6.49. The minimum atomic E-state index is 0.595. The van der Waals surface area contributed by atoms with Crippen LogP contribution in [0, 0.1) is 6.92 Å². The lowest BCUT2D eigenvalue weighted by Gasteiger charge is -2.34. The Hall–Kier alpha value is -1.66. The molecule has 23 heavy (non-hydrogen) atoms. The molecule has 0 amide bonds. The summed E-state index contributed by atoms with van der Waals surface area (Å²) in [5, 5.41) is 18.5. The van der Waals surface area contributed by atoms with Crippen LogP contribution < -0.4 is 10.2 Å². The van der Waals surface area contributed by atoms with Crippen LogP contribution in [0.3, 0.4) is 0 Å². The van der Waals surface area contributed by atoms with Crippen molar-refractivity contribution in [3.63, 3.8) is 0 Å². The Bertz CT molecular complexity index is 607. The van der Waals surface area contributed by atoms with Crippen LogP contribution in [0.25, 0.3) is 0 Å². The van der Waals surface area contributed by atoms with Crippen LogP contribution in [0.4, 0.5) is 5.69 Å². The van der Waals surface area contributed by atoms with E-state index in [-0.39, 0.29) is 0 Å². The average molecular weight is 335 g/mol. The molecule has 1 fully saturated rings. The largest absolute Gasteiger partial charge is 0.371 e. The van der Waals surface area contributed by atoms with E-state index in [2.05, 4.69) is 49.0 Å². The Kier molecular flexibility index (Phi) is 5.46. The van der Waals surface area contributed by atoms with Crippen molar-refractivity contribution in [1.82, 2.24) is 25.9 Å². The number of tetrazole rings is 1. The normalized spacial score (nSPS) is 16.0. The molecule has 2 N–H and O–H groups in total. The summed E-state index contributed by atoms with van der Waals surface area (Å²) in [7, 11) is 0. The van der Waals surface area contributed by atoms with E-state index < -0.39 is 0 Å². The highest BCUT2D eigenvalue weighted by Crippen LogP contribution is 2.25. The molecule has 3 rings (SSSR count). The number of anilines is 1. The van der Waals surface area contributed by atoms with Crippen LogP contribution in [0.15, 0.2) is 18.2 Å². The molecule has 0 bridgehead atoms. The van der Waals surface area contributed by atoms with Gasteiger partial charge in [-0.15, -0.1) is 10.2 Å². The van der Waals surface area contributed by atoms with Crippen LogP contribution in [-0.2, 0) is 6.42 Å². The zero-order valence-corrected chi connectivity index (χ0v) is 14.2. The number of hydrogen-bond donors (Lipinski definition) is 2. The van der Waals surface area contributed by atoms with Crippen molar-refractivity contribution < 1.29 is 0 Å². The van der Waals surface area contributed by atoms with Gasteiger partial charge in [0.15, 0.2) is 5.82 Å². The van der Waals surface area contributed by atoms with Crippen LogP contribution in [0.1, 0.15) is 30.7 Å². The van der Waals surface area contributed by atoms with Crippen molar-refractivity contribution in [1.29, 1.82) is 0 Å². The number of nitrogens with zero attached hydrogens (tertiary/aromatic N) is 4. The van der Waals surface area contributed by atoms with E-state index in [9.17, 15) is 0 Å². The predicted molar refractivity (Wildman–Crippen MR) is 91.9 cm³/mol. The second-order valence-electron chi connectivity index (χ2n) is 6.08. The minimum absolute atomic E-state index is 0.595. The number of piperidine rings is 1. The Morgan fingerprint density at radius 3 is 2.87 bits per heavy atom. The maximum atomic E-state index is 6.23. The summed E-state index contributed by atoms with van der Waals surface area (Å²) in [5.74, 6) is 0.790. The van der Waals surface area contributed by atoms with Crippen molar-refractivity contribution in [2.24, 2.45) is 0 Å². The van der Waals surface area contributed by atoms with Gasteiger partial charge in [-0.1, -0.05) is 22.9 Å². The van der Waals surface area contributed by atoms with Gasteiger partial charge in [0.25, 0.3) is 0 Å². The molecule has 2 aromatic rings. The number of hydrogen-bond acceptors (Lipinski definition) is 5. The maximum absolute atomic E-state index is 6.23. The molecule has 1 aliphatic rings. The highest BCUT2D eigenvalue weighted by Gasteiger charge is 2.19. The Balaban J connectivity index is 1.39. The number of aryl methyl sites for hydroxylation is 2. The molecule has 124 valence electrons. The molecule has 6 nitrogen and oxygen atoms in total. The van der Waals surface area contributed by atoms with Crippen molar-refractivity contribution >= 4 is 17.3 Å². The van der Waals surface area contributed by atoms with Crippen LogP contribution in [0.2, 0.25) is 5.02 Å². The fourth-order valence-electron chi connectivity index (χ4n) is 2.96. The standard InChI is InChI=1S/C16H23ClN6/c1-12-4-5-14(11-15(12)17)23-9-6-13(7-10-23)18-8-2-3-16-19-21-22-20-16/h4-5,11,13,18H,2-3,6-10H2,1H3,(H,19,20,21,22). The highest BCUT2D eigenvalue weighted by molar-refractivity contribution is 6.31. The Morgan fingerprint density at radius 1 is 1.35 bits per heavy atom. The molecule has 1 aromatic carbocycles. The smallest absolute Gasteiger partial charge is 0.174 e. The van der Waals surface area contributed by atoms with Gasteiger partial charge in [0.1, 0.15) is 0 Å². The number of rotatable bonds is 6. The molecule has 0 aliphatic carbocycles. The van der Waals surface area contributed by atoms with E-state index in [1.807, 2.05) is 6.92 Å². The fraction of sp³-hybridized carbons (Fsp3) is 0.562. The summed E-state index contributed by atoms with van der Waals surface area (Å²) in [5.41, 5.74) is 2.37. The molecule has 1 saturated heterocycles. The van der Waals surface area contributed by atoms with Crippen LogP contribution in [-0.4, -0.2) is 46.3 Å². The van der Waals surface area contributed by atoms with E-state index in [0.717, 1.165) is 61.7 Å². The van der Waals surface area contributed by atoms with Gasteiger partial charge in [-0.3, -0.25) is 0 Å². The molecular formula is C16H23ClN6. The summed E-state index contributed by atoms with van der Waals surface area (Å²) in [6.07, 6.45) is 4.22. The molecule has 7 heteroatoms. The third-order valence-electron chi connectivity index (χ3n) is 4.41. The summed E-state index contributed by atoms with van der Waals surface area (Å²) >= 11 is 6.23. The first kappa shape index (κ1) is 16.2. The van der Waals surface area contributed by atoms with Crippen molar-refractivity contribution in [2.75, 3.05) is 24.5 Å². The Morgan fingerprint density at radius 2 is 2.17 bits per heavy atom. The number of H-pyrrole nitrogens is 1. The van der Waals surface area contributed by atoms with Gasteiger partial charge in [0.2, 0.25) is 0 Å². The number of halogens is 1. The van der Waals surface area contributed by atoms with Crippen LogP contribution in [0.5, 0.6) is 0 Å². The van der Waals surface area contributed by atoms with Gasteiger partial charge in [0.05, 0.1) is 0 Å². The first-order chi connectivity index (χ1) is 11.2. The summed E-state index contributed by atoms with van der Waals surface area (Å²) in [4.78, 5) is 2.42. The van der Waals surface area contributed by atoms with Gasteiger partial charge in [0, 0.05) is 36.3 Å². The molecule has 0 atom stereocenters. The average Bonchev–Trinajstić information content (AvgIpc) is 3.08. The number of benzene rings is 1. The molecule has 0 spiro atoms. The predicted octanol–water partition coefficient (Wildman–Crippen LogP) is 2.35. The molecule has 1 aliphatic heterocycles. The third kappa shape index (κ3) is 4.42. The third-order valence-corrected chi connectivity index (χ3v) is 4.82. The van der Waals surface area contributed by atoms with E-state index >= 15 is 0 Å². The second kappa shape index (κ2) is 7.75. The van der Waals surface area contributed by atoms with Crippen molar-refractivity contribution in [3.05, 3.63) is 34.6 Å². The molecule has 0 radical (unpaired) electrons. The zero-order chi connectivity index (χ0) is 16.1. The van der Waals surface area contributed by atoms with Crippen molar-refractivity contribution in [2.45, 2.75) is 38.6 Å². The molecule has 0 unspecified atom stereocenters. The van der Waals surface area contributed by atoms with Gasteiger partial charge < -0.3 is 10.2 Å². The van der Waals surface area contributed by atoms with E-state index in [1.165, 1.54) is 5.69 Å². The van der Waals surface area contributed by atoms with Gasteiger partial charge in [-0.05, 0) is 50.4 Å². The maximum Gasteiger partial charge on any atom is 0.174 e. The van der Waals surface area contributed by atoms with E-state index in [1.54, 1.807) is 0 Å². The lowest BCUT2D eigenvalue weighted by molar-refractivity contribution is 0.412. The van der Waals surface area contributed by atoms with Gasteiger partial charge in [-0.25, -0.2) is 0 Å². The lowest BCUT2D eigenvalue weighted by Crippen LogP contribution is -2.42. The molecule has 1 aromatic heterocycles. The highest BCUT2D eigenvalue weighted by atomic mass is 35.5. The van der Waals surface area contributed by atoms with E-state index in [4.69, 9.17) is 11.6 Å². The quantitative estimate of drug-likeness (QED) is 0.794. The number of nitrogens with one attached hydrogen (secondary N) is 2. The van der Waals surface area contributed by atoms with Gasteiger partial charge >= 0.3 is 0 Å². The fourth-order valence-corrected chi connectivity index (χ4v) is 3.14. The Labute approximate surface area is 141 Å². The first-order valence-electron chi connectivity index (χ1n) is 8.19. The number of aromatic nitrogens is 4. The first-order valence-corrected chi connectivity index (χ1v) is 8.57. The molecule has 0 saturated carbocycles.